The maximum Gasteiger partial charge on any atom is 0.247 e. The van der Waals surface area contributed by atoms with Crippen LogP contribution in [0.2, 0.25) is 0 Å². The van der Waals surface area contributed by atoms with Crippen LogP contribution >= 0.6 is 0 Å². The molecule has 1 aromatic heterocycles. The fraction of sp³-hybridized carbons (Fsp3) is 0.125. The number of hydrogen-bond acceptors (Lipinski definition) is 3. The molecule has 0 saturated carbocycles. The van der Waals surface area contributed by atoms with E-state index in [2.05, 4.69) is 4.98 Å². The van der Waals surface area contributed by atoms with Crippen LogP contribution in [0.1, 0.15) is 16.8 Å². The van der Waals surface area contributed by atoms with Gasteiger partial charge < -0.3 is 4.98 Å². The average molecular weight is 162 g/mol. The Labute approximate surface area is 68.5 Å². The van der Waals surface area contributed by atoms with Crippen LogP contribution in [-0.2, 0) is 0 Å². The number of pyridine rings is 1. The normalized spacial score (nSPS) is 8.92. The number of nitriles is 1. The molecular formula is C8H6N2O2. The molecule has 0 unspecified atom stereocenters. The Morgan fingerprint density at radius 1 is 1.58 bits per heavy atom. The monoisotopic (exact) mass is 162 g/mol. The van der Waals surface area contributed by atoms with Gasteiger partial charge in [0.25, 0.3) is 0 Å². The van der Waals surface area contributed by atoms with Crippen molar-refractivity contribution in [1.29, 1.82) is 5.26 Å². The van der Waals surface area contributed by atoms with Gasteiger partial charge in [0.15, 0.2) is 5.78 Å². The summed E-state index contributed by atoms with van der Waals surface area (Å²) >= 11 is 0. The number of carbonyl (C=O) groups is 1. The van der Waals surface area contributed by atoms with Crippen molar-refractivity contribution >= 4 is 5.78 Å². The molecule has 4 nitrogen and oxygen atoms in total. The van der Waals surface area contributed by atoms with Gasteiger partial charge in [0, 0.05) is 17.8 Å². The molecule has 0 atom stereocenters. The zero-order chi connectivity index (χ0) is 8.97. The summed E-state index contributed by atoms with van der Waals surface area (Å²) < 4.78 is 0. The predicted molar refractivity (Wildman–Crippen MR) is 41.6 cm³/mol. The van der Waals surface area contributed by atoms with Gasteiger partial charge in [0.05, 0.1) is 12.5 Å². The van der Waals surface area contributed by atoms with Crippen LogP contribution in [0.3, 0.4) is 0 Å². The Kier molecular flexibility index (Phi) is 2.38. The fourth-order valence-electron chi connectivity index (χ4n) is 0.758. The zero-order valence-corrected chi connectivity index (χ0v) is 6.20. The number of nitrogens with zero attached hydrogens (tertiary/aromatic N) is 1. The second-order valence-corrected chi connectivity index (χ2v) is 2.20. The Morgan fingerprint density at radius 3 is 2.83 bits per heavy atom. The van der Waals surface area contributed by atoms with E-state index in [-0.39, 0.29) is 17.8 Å². The highest BCUT2D eigenvalue weighted by atomic mass is 16.1. The molecule has 12 heavy (non-hydrogen) atoms. The predicted octanol–water partition coefficient (Wildman–Crippen LogP) is 0.471. The van der Waals surface area contributed by atoms with E-state index in [0.717, 1.165) is 0 Å². The van der Waals surface area contributed by atoms with E-state index >= 15 is 0 Å². The molecule has 0 radical (unpaired) electrons. The van der Waals surface area contributed by atoms with Crippen molar-refractivity contribution in [3.05, 3.63) is 34.2 Å². The summed E-state index contributed by atoms with van der Waals surface area (Å²) in [7, 11) is 0. The number of ketones is 1. The van der Waals surface area contributed by atoms with Crippen LogP contribution in [0.5, 0.6) is 0 Å². The summed E-state index contributed by atoms with van der Waals surface area (Å²) in [6, 6.07) is 4.39. The summed E-state index contributed by atoms with van der Waals surface area (Å²) in [6.07, 6.45) is 1.15. The van der Waals surface area contributed by atoms with Crippen LogP contribution in [0.25, 0.3) is 0 Å². The highest BCUT2D eigenvalue weighted by Crippen LogP contribution is 1.97. The second-order valence-electron chi connectivity index (χ2n) is 2.20. The molecule has 0 aromatic carbocycles. The van der Waals surface area contributed by atoms with Crippen molar-refractivity contribution in [2.45, 2.75) is 6.42 Å². The van der Waals surface area contributed by atoms with E-state index in [0.29, 0.717) is 5.56 Å². The zero-order valence-electron chi connectivity index (χ0n) is 6.20. The van der Waals surface area contributed by atoms with Crippen molar-refractivity contribution in [2.24, 2.45) is 0 Å². The molecule has 0 fully saturated rings. The molecule has 0 bridgehead atoms. The summed E-state index contributed by atoms with van der Waals surface area (Å²) in [5, 5.41) is 8.21. The summed E-state index contributed by atoms with van der Waals surface area (Å²) in [5.74, 6) is -0.284. The third kappa shape index (κ3) is 1.80. The minimum Gasteiger partial charge on any atom is -0.328 e. The molecule has 0 aliphatic rings. The molecule has 0 aliphatic heterocycles. The summed E-state index contributed by atoms with van der Waals surface area (Å²) in [4.78, 5) is 23.9. The molecule has 1 N–H and O–H groups in total. The van der Waals surface area contributed by atoms with Gasteiger partial charge in [-0.3, -0.25) is 9.59 Å². The minimum absolute atomic E-state index is 0.161. The van der Waals surface area contributed by atoms with Crippen LogP contribution in [0.4, 0.5) is 0 Å². The third-order valence-electron chi connectivity index (χ3n) is 1.35. The number of hydrogen-bond donors (Lipinski definition) is 1. The van der Waals surface area contributed by atoms with E-state index in [9.17, 15) is 9.59 Å². The van der Waals surface area contributed by atoms with Gasteiger partial charge in [0.2, 0.25) is 5.56 Å². The number of carbonyl (C=O) groups excluding carboxylic acids is 1. The van der Waals surface area contributed by atoms with Crippen LogP contribution in [-0.4, -0.2) is 10.8 Å². The number of aromatic amines is 1. The standard InChI is InChI=1S/C8H6N2O2/c9-4-3-7(11)6-1-2-8(12)10-5-6/h1-2,5H,3H2,(H,10,12). The molecule has 60 valence electrons. The van der Waals surface area contributed by atoms with Crippen molar-refractivity contribution in [3.8, 4) is 6.07 Å². The van der Waals surface area contributed by atoms with Crippen LogP contribution in [0, 0.1) is 11.3 Å². The molecule has 0 aliphatic carbocycles. The SMILES string of the molecule is N#CCC(=O)c1ccc(=O)[nH]c1. The number of rotatable bonds is 2. The van der Waals surface area contributed by atoms with E-state index in [1.165, 1.54) is 18.3 Å². The maximum absolute atomic E-state index is 11.0. The molecular weight excluding hydrogens is 156 g/mol. The number of aromatic nitrogens is 1. The summed E-state index contributed by atoms with van der Waals surface area (Å²) in [5.41, 5.74) is 0.0969. The van der Waals surface area contributed by atoms with Gasteiger partial charge in [-0.1, -0.05) is 0 Å². The Balaban J connectivity index is 2.91. The summed E-state index contributed by atoms with van der Waals surface area (Å²) in [6.45, 7) is 0. The lowest BCUT2D eigenvalue weighted by molar-refractivity contribution is 0.0997. The molecule has 0 spiro atoms. The maximum atomic E-state index is 11.0. The van der Waals surface area contributed by atoms with E-state index in [1.807, 2.05) is 0 Å². The average Bonchev–Trinajstić information content (AvgIpc) is 2.06. The number of nitrogens with one attached hydrogen (secondary N) is 1. The molecule has 1 heterocycles. The second kappa shape index (κ2) is 3.49. The van der Waals surface area contributed by atoms with Crippen LogP contribution in [0.15, 0.2) is 23.1 Å². The Morgan fingerprint density at radius 2 is 2.33 bits per heavy atom. The van der Waals surface area contributed by atoms with Gasteiger partial charge >= 0.3 is 0 Å². The van der Waals surface area contributed by atoms with Crippen molar-refractivity contribution in [3.63, 3.8) is 0 Å². The Bertz CT molecular complexity index is 366. The molecule has 1 aromatic rings. The van der Waals surface area contributed by atoms with Gasteiger partial charge in [-0.15, -0.1) is 0 Å². The van der Waals surface area contributed by atoms with Crippen molar-refractivity contribution in [1.82, 2.24) is 4.98 Å². The fourth-order valence-corrected chi connectivity index (χ4v) is 0.758. The van der Waals surface area contributed by atoms with Crippen molar-refractivity contribution in [2.75, 3.05) is 0 Å². The van der Waals surface area contributed by atoms with Crippen molar-refractivity contribution < 1.29 is 4.79 Å². The topological polar surface area (TPSA) is 73.7 Å². The first-order chi connectivity index (χ1) is 5.74. The van der Waals surface area contributed by atoms with Gasteiger partial charge in [-0.25, -0.2) is 0 Å². The molecule has 0 saturated heterocycles. The first-order valence-corrected chi connectivity index (χ1v) is 3.33. The quantitative estimate of drug-likeness (QED) is 0.642. The van der Waals surface area contributed by atoms with E-state index in [1.54, 1.807) is 6.07 Å². The van der Waals surface area contributed by atoms with Gasteiger partial charge in [0.1, 0.15) is 0 Å². The lowest BCUT2D eigenvalue weighted by Gasteiger charge is -1.92. The minimum atomic E-state index is -0.284. The van der Waals surface area contributed by atoms with Crippen LogP contribution < -0.4 is 5.56 Å². The number of Topliss-reactive ketones (excluding diaryl/α,β-unsaturated/α-hetero) is 1. The highest BCUT2D eigenvalue weighted by molar-refractivity contribution is 5.96. The van der Waals surface area contributed by atoms with Gasteiger partial charge in [-0.05, 0) is 6.07 Å². The van der Waals surface area contributed by atoms with E-state index in [4.69, 9.17) is 5.26 Å². The first kappa shape index (κ1) is 8.21. The highest BCUT2D eigenvalue weighted by Gasteiger charge is 2.03. The largest absolute Gasteiger partial charge is 0.328 e. The van der Waals surface area contributed by atoms with Gasteiger partial charge in [-0.2, -0.15) is 5.26 Å². The lowest BCUT2D eigenvalue weighted by atomic mass is 10.1. The van der Waals surface area contributed by atoms with E-state index < -0.39 is 0 Å². The molecule has 1 rings (SSSR count). The first-order valence-electron chi connectivity index (χ1n) is 3.33. The molecule has 0 amide bonds. The Hall–Kier alpha value is -1.89. The number of H-pyrrole nitrogens is 1. The molecule has 4 heteroatoms. The lowest BCUT2D eigenvalue weighted by Crippen LogP contribution is -2.06. The smallest absolute Gasteiger partial charge is 0.247 e. The third-order valence-corrected chi connectivity index (χ3v) is 1.35.